The van der Waals surface area contributed by atoms with Crippen molar-refractivity contribution in [3.8, 4) is 0 Å². The summed E-state index contributed by atoms with van der Waals surface area (Å²) in [7, 11) is 2.13. The molecule has 0 saturated heterocycles. The Balaban J connectivity index is 2.25. The third-order valence-corrected chi connectivity index (χ3v) is 5.73. The zero-order valence-electron chi connectivity index (χ0n) is 12.4. The molecule has 1 aromatic heterocycles. The van der Waals surface area contributed by atoms with Crippen LogP contribution in [-0.4, -0.2) is 18.0 Å². The SMILES string of the molecule is CC(N)C(c1ccc(Br)s1)N(C)C(C)c1ccc(Cl)cc1. The number of likely N-dealkylation sites (N-methyl/N-ethyl adjacent to an activating group) is 1. The molecule has 0 saturated carbocycles. The second-order valence-corrected chi connectivity index (χ2v) is 8.27. The largest absolute Gasteiger partial charge is 0.326 e. The van der Waals surface area contributed by atoms with Crippen LogP contribution in [0.5, 0.6) is 0 Å². The van der Waals surface area contributed by atoms with Crippen molar-refractivity contribution >= 4 is 38.9 Å². The van der Waals surface area contributed by atoms with Gasteiger partial charge < -0.3 is 5.73 Å². The molecule has 1 heterocycles. The number of hydrogen-bond acceptors (Lipinski definition) is 3. The van der Waals surface area contributed by atoms with E-state index in [1.165, 1.54) is 10.4 Å². The number of thiophene rings is 1. The molecule has 0 fully saturated rings. The summed E-state index contributed by atoms with van der Waals surface area (Å²) in [5.41, 5.74) is 7.49. The van der Waals surface area contributed by atoms with Gasteiger partial charge in [-0.15, -0.1) is 11.3 Å². The highest BCUT2D eigenvalue weighted by Crippen LogP contribution is 2.36. The molecule has 2 N–H and O–H groups in total. The highest BCUT2D eigenvalue weighted by Gasteiger charge is 2.26. The van der Waals surface area contributed by atoms with E-state index >= 15 is 0 Å². The monoisotopic (exact) mass is 386 g/mol. The average molecular weight is 388 g/mol. The first-order valence-corrected chi connectivity index (χ1v) is 8.87. The van der Waals surface area contributed by atoms with Crippen molar-refractivity contribution in [2.45, 2.75) is 32.0 Å². The van der Waals surface area contributed by atoms with Gasteiger partial charge in [-0.3, -0.25) is 4.90 Å². The molecule has 5 heteroatoms. The Kier molecular flexibility index (Phi) is 5.86. The van der Waals surface area contributed by atoms with Crippen LogP contribution in [-0.2, 0) is 0 Å². The van der Waals surface area contributed by atoms with E-state index < -0.39 is 0 Å². The van der Waals surface area contributed by atoms with E-state index in [1.54, 1.807) is 11.3 Å². The Morgan fingerprint density at radius 2 is 1.76 bits per heavy atom. The third kappa shape index (κ3) is 4.08. The second kappa shape index (κ2) is 7.25. The lowest BCUT2D eigenvalue weighted by atomic mass is 10.0. The first-order chi connectivity index (χ1) is 9.90. The highest BCUT2D eigenvalue weighted by molar-refractivity contribution is 9.11. The molecule has 0 aliphatic rings. The number of nitrogens with two attached hydrogens (primary N) is 1. The normalized spacial score (nSPS) is 16.0. The maximum atomic E-state index is 6.25. The van der Waals surface area contributed by atoms with Crippen LogP contribution in [0, 0.1) is 0 Å². The van der Waals surface area contributed by atoms with Crippen LogP contribution in [0.2, 0.25) is 5.02 Å². The number of rotatable bonds is 5. The Labute approximate surface area is 144 Å². The van der Waals surface area contributed by atoms with Gasteiger partial charge in [-0.2, -0.15) is 0 Å². The Hall–Kier alpha value is -0.390. The molecule has 21 heavy (non-hydrogen) atoms. The summed E-state index contributed by atoms with van der Waals surface area (Å²) in [6.45, 7) is 4.25. The van der Waals surface area contributed by atoms with Gasteiger partial charge in [0.2, 0.25) is 0 Å². The smallest absolute Gasteiger partial charge is 0.0702 e. The molecule has 0 amide bonds. The first-order valence-electron chi connectivity index (χ1n) is 6.88. The van der Waals surface area contributed by atoms with E-state index in [-0.39, 0.29) is 18.1 Å². The maximum Gasteiger partial charge on any atom is 0.0702 e. The molecule has 0 aliphatic carbocycles. The summed E-state index contributed by atoms with van der Waals surface area (Å²) in [6.07, 6.45) is 0. The fourth-order valence-electron chi connectivity index (χ4n) is 2.54. The van der Waals surface area contributed by atoms with Crippen molar-refractivity contribution in [3.05, 3.63) is 55.6 Å². The van der Waals surface area contributed by atoms with Crippen LogP contribution in [0.15, 0.2) is 40.2 Å². The molecule has 114 valence electrons. The standard InChI is InChI=1S/C16H20BrClN2S/c1-10(19)16(14-8-9-15(17)21-14)20(3)11(2)12-4-6-13(18)7-5-12/h4-11,16H,19H2,1-3H3. The van der Waals surface area contributed by atoms with Gasteiger partial charge in [0.15, 0.2) is 0 Å². The molecular formula is C16H20BrClN2S. The van der Waals surface area contributed by atoms with Crippen molar-refractivity contribution < 1.29 is 0 Å². The van der Waals surface area contributed by atoms with Gasteiger partial charge in [0.1, 0.15) is 0 Å². The topological polar surface area (TPSA) is 29.3 Å². The summed E-state index contributed by atoms with van der Waals surface area (Å²) >= 11 is 11.2. The highest BCUT2D eigenvalue weighted by atomic mass is 79.9. The minimum atomic E-state index is 0.0512. The molecule has 1 aromatic carbocycles. The van der Waals surface area contributed by atoms with E-state index in [0.717, 1.165) is 8.81 Å². The number of nitrogens with zero attached hydrogens (tertiary/aromatic N) is 1. The minimum absolute atomic E-state index is 0.0512. The molecule has 0 radical (unpaired) electrons. The van der Waals surface area contributed by atoms with E-state index in [0.29, 0.717) is 0 Å². The fourth-order valence-corrected chi connectivity index (χ4v) is 4.35. The Morgan fingerprint density at radius 3 is 2.24 bits per heavy atom. The quantitative estimate of drug-likeness (QED) is 0.759. The summed E-state index contributed by atoms with van der Waals surface area (Å²) in [6, 6.07) is 12.7. The first kappa shape index (κ1) is 17.0. The van der Waals surface area contributed by atoms with Crippen LogP contribution in [0.4, 0.5) is 0 Å². The van der Waals surface area contributed by atoms with Gasteiger partial charge in [-0.25, -0.2) is 0 Å². The van der Waals surface area contributed by atoms with Gasteiger partial charge in [-0.05, 0) is 66.7 Å². The lowest BCUT2D eigenvalue weighted by Crippen LogP contribution is -2.38. The van der Waals surface area contributed by atoms with Gasteiger partial charge in [0.25, 0.3) is 0 Å². The molecule has 0 spiro atoms. The Morgan fingerprint density at radius 1 is 1.14 bits per heavy atom. The average Bonchev–Trinajstić information content (AvgIpc) is 2.84. The summed E-state index contributed by atoms with van der Waals surface area (Å²) in [4.78, 5) is 3.60. The summed E-state index contributed by atoms with van der Waals surface area (Å²) < 4.78 is 1.13. The number of halogens is 2. The molecule has 0 bridgehead atoms. The minimum Gasteiger partial charge on any atom is -0.326 e. The molecular weight excluding hydrogens is 368 g/mol. The Bertz CT molecular complexity index is 582. The molecule has 2 nitrogen and oxygen atoms in total. The lowest BCUT2D eigenvalue weighted by molar-refractivity contribution is 0.168. The summed E-state index contributed by atoms with van der Waals surface area (Å²) in [5.74, 6) is 0. The van der Waals surface area contributed by atoms with Crippen molar-refractivity contribution in [1.29, 1.82) is 0 Å². The third-order valence-electron chi connectivity index (χ3n) is 3.79. The van der Waals surface area contributed by atoms with E-state index in [9.17, 15) is 0 Å². The molecule has 0 aliphatic heterocycles. The number of benzene rings is 1. The molecule has 2 aromatic rings. The van der Waals surface area contributed by atoms with Crippen LogP contribution >= 0.6 is 38.9 Å². The van der Waals surface area contributed by atoms with Crippen molar-refractivity contribution in [2.75, 3.05) is 7.05 Å². The maximum absolute atomic E-state index is 6.25. The van der Waals surface area contributed by atoms with Crippen LogP contribution in [0.3, 0.4) is 0 Å². The van der Waals surface area contributed by atoms with Gasteiger partial charge in [0.05, 0.1) is 9.83 Å². The fraction of sp³-hybridized carbons (Fsp3) is 0.375. The van der Waals surface area contributed by atoms with E-state index in [1.807, 2.05) is 12.1 Å². The van der Waals surface area contributed by atoms with Crippen molar-refractivity contribution in [2.24, 2.45) is 5.73 Å². The molecule has 2 rings (SSSR count). The van der Waals surface area contributed by atoms with Gasteiger partial charge in [0, 0.05) is 22.0 Å². The predicted octanol–water partition coefficient (Wildman–Crippen LogP) is 5.25. The second-order valence-electron chi connectivity index (χ2n) is 5.34. The zero-order valence-corrected chi connectivity index (χ0v) is 15.5. The summed E-state index contributed by atoms with van der Waals surface area (Å²) in [5, 5.41) is 0.763. The van der Waals surface area contributed by atoms with E-state index in [4.69, 9.17) is 17.3 Å². The molecule has 3 unspecified atom stereocenters. The number of hydrogen-bond donors (Lipinski definition) is 1. The van der Waals surface area contributed by atoms with E-state index in [2.05, 4.69) is 66.0 Å². The molecule has 3 atom stereocenters. The van der Waals surface area contributed by atoms with Crippen molar-refractivity contribution in [3.63, 3.8) is 0 Å². The lowest BCUT2D eigenvalue weighted by Gasteiger charge is -2.35. The van der Waals surface area contributed by atoms with Crippen LogP contribution in [0.25, 0.3) is 0 Å². The predicted molar refractivity (Wildman–Crippen MR) is 96.0 cm³/mol. The zero-order chi connectivity index (χ0) is 15.6. The van der Waals surface area contributed by atoms with Gasteiger partial charge >= 0.3 is 0 Å². The van der Waals surface area contributed by atoms with Gasteiger partial charge in [-0.1, -0.05) is 23.7 Å². The van der Waals surface area contributed by atoms with Crippen LogP contribution in [0.1, 0.15) is 36.4 Å². The van der Waals surface area contributed by atoms with Crippen LogP contribution < -0.4 is 5.73 Å². The van der Waals surface area contributed by atoms with Crippen molar-refractivity contribution in [1.82, 2.24) is 4.90 Å².